The van der Waals surface area contributed by atoms with E-state index in [-0.39, 0.29) is 6.61 Å². The molecule has 0 aliphatic heterocycles. The van der Waals surface area contributed by atoms with Crippen LogP contribution in [0.5, 0.6) is 0 Å². The molecule has 1 aromatic carbocycles. The van der Waals surface area contributed by atoms with E-state index >= 15 is 0 Å². The summed E-state index contributed by atoms with van der Waals surface area (Å²) in [4.78, 5) is 0. The smallest absolute Gasteiger partial charge is 0.0688 e. The van der Waals surface area contributed by atoms with Crippen LogP contribution in [0.4, 0.5) is 0 Å². The van der Waals surface area contributed by atoms with E-state index in [1.165, 1.54) is 11.1 Å². The number of hydrogen-bond acceptors (Lipinski definition) is 2. The molecule has 0 amide bonds. The van der Waals surface area contributed by atoms with Crippen molar-refractivity contribution in [1.82, 2.24) is 0 Å². The van der Waals surface area contributed by atoms with Gasteiger partial charge in [-0.25, -0.2) is 0 Å². The van der Waals surface area contributed by atoms with Crippen molar-refractivity contribution in [1.29, 1.82) is 0 Å². The third-order valence-electron chi connectivity index (χ3n) is 3.55. The Balaban J connectivity index is 2.13. The Kier molecular flexibility index (Phi) is 3.62. The molecule has 0 heterocycles. The van der Waals surface area contributed by atoms with Crippen LogP contribution >= 0.6 is 0 Å². The summed E-state index contributed by atoms with van der Waals surface area (Å²) in [5.41, 5.74) is 1.87. The standard InChI is InChI=1S/C14H20O2/c15-10-7-12-5-1-2-6-13(12)11-14(16)8-3-4-9-14/h1-2,5-6,15-16H,3-4,7-11H2. The Bertz CT molecular complexity index is 340. The van der Waals surface area contributed by atoms with E-state index in [1.54, 1.807) is 0 Å². The minimum atomic E-state index is -0.494. The first-order chi connectivity index (χ1) is 7.73. The molecule has 1 aliphatic rings. The normalized spacial score (nSPS) is 18.9. The molecule has 2 N–H and O–H groups in total. The molecule has 1 fully saturated rings. The van der Waals surface area contributed by atoms with Gasteiger partial charge in [0.25, 0.3) is 0 Å². The molecule has 0 spiro atoms. The lowest BCUT2D eigenvalue weighted by molar-refractivity contribution is 0.0479. The Morgan fingerprint density at radius 1 is 1.06 bits per heavy atom. The molecule has 16 heavy (non-hydrogen) atoms. The molecule has 2 rings (SSSR count). The summed E-state index contributed by atoms with van der Waals surface area (Å²) in [6, 6.07) is 8.12. The molecule has 88 valence electrons. The van der Waals surface area contributed by atoms with Crippen LogP contribution in [0.2, 0.25) is 0 Å². The first-order valence-electron chi connectivity index (χ1n) is 6.13. The Morgan fingerprint density at radius 3 is 2.31 bits per heavy atom. The van der Waals surface area contributed by atoms with E-state index in [0.717, 1.165) is 32.1 Å². The van der Waals surface area contributed by atoms with Gasteiger partial charge in [0.05, 0.1) is 5.60 Å². The van der Waals surface area contributed by atoms with Crippen LogP contribution in [-0.2, 0) is 12.8 Å². The van der Waals surface area contributed by atoms with Crippen LogP contribution in [0.1, 0.15) is 36.8 Å². The van der Waals surface area contributed by atoms with Crippen LogP contribution in [0.15, 0.2) is 24.3 Å². The summed E-state index contributed by atoms with van der Waals surface area (Å²) >= 11 is 0. The molecule has 0 aromatic heterocycles. The van der Waals surface area contributed by atoms with Gasteiger partial charge in [0.2, 0.25) is 0 Å². The zero-order chi connectivity index (χ0) is 11.4. The first kappa shape index (κ1) is 11.6. The minimum absolute atomic E-state index is 0.176. The zero-order valence-corrected chi connectivity index (χ0v) is 9.65. The number of aliphatic hydroxyl groups is 2. The lowest BCUT2D eigenvalue weighted by atomic mass is 9.90. The SMILES string of the molecule is OCCc1ccccc1CC1(O)CCCC1. The fourth-order valence-corrected chi connectivity index (χ4v) is 2.66. The summed E-state index contributed by atoms with van der Waals surface area (Å²) in [5.74, 6) is 0. The van der Waals surface area contributed by atoms with Crippen LogP contribution in [0, 0.1) is 0 Å². The van der Waals surface area contributed by atoms with E-state index in [4.69, 9.17) is 5.11 Å². The minimum Gasteiger partial charge on any atom is -0.396 e. The van der Waals surface area contributed by atoms with Crippen molar-refractivity contribution in [2.24, 2.45) is 0 Å². The van der Waals surface area contributed by atoms with Crippen molar-refractivity contribution in [2.75, 3.05) is 6.61 Å². The van der Waals surface area contributed by atoms with E-state index in [0.29, 0.717) is 6.42 Å². The van der Waals surface area contributed by atoms with Crippen molar-refractivity contribution < 1.29 is 10.2 Å². The lowest BCUT2D eigenvalue weighted by Crippen LogP contribution is -2.27. The van der Waals surface area contributed by atoms with Gasteiger partial charge in [0, 0.05) is 13.0 Å². The van der Waals surface area contributed by atoms with Gasteiger partial charge in [-0.15, -0.1) is 0 Å². The molecule has 1 saturated carbocycles. The van der Waals surface area contributed by atoms with Crippen molar-refractivity contribution >= 4 is 0 Å². The molecule has 0 saturated heterocycles. The van der Waals surface area contributed by atoms with E-state index in [2.05, 4.69) is 6.07 Å². The fraction of sp³-hybridized carbons (Fsp3) is 0.571. The van der Waals surface area contributed by atoms with E-state index < -0.39 is 5.60 Å². The summed E-state index contributed by atoms with van der Waals surface area (Å²) in [6.07, 6.45) is 5.54. The molecule has 0 radical (unpaired) electrons. The molecule has 0 atom stereocenters. The molecule has 2 nitrogen and oxygen atoms in total. The maximum absolute atomic E-state index is 10.4. The number of hydrogen-bond donors (Lipinski definition) is 2. The molecule has 1 aliphatic carbocycles. The average molecular weight is 220 g/mol. The van der Waals surface area contributed by atoms with Gasteiger partial charge < -0.3 is 10.2 Å². The highest BCUT2D eigenvalue weighted by atomic mass is 16.3. The number of rotatable bonds is 4. The largest absolute Gasteiger partial charge is 0.396 e. The molecule has 0 bridgehead atoms. The summed E-state index contributed by atoms with van der Waals surface area (Å²) < 4.78 is 0. The second-order valence-corrected chi connectivity index (χ2v) is 4.85. The average Bonchev–Trinajstić information content (AvgIpc) is 2.68. The predicted octanol–water partition coefficient (Wildman–Crippen LogP) is 2.07. The topological polar surface area (TPSA) is 40.5 Å². The monoisotopic (exact) mass is 220 g/mol. The molecule has 1 aromatic rings. The predicted molar refractivity (Wildman–Crippen MR) is 64.4 cm³/mol. The van der Waals surface area contributed by atoms with E-state index in [9.17, 15) is 5.11 Å². The Morgan fingerprint density at radius 2 is 1.69 bits per heavy atom. The quantitative estimate of drug-likeness (QED) is 0.815. The third-order valence-corrected chi connectivity index (χ3v) is 3.55. The van der Waals surface area contributed by atoms with Gasteiger partial charge in [0.1, 0.15) is 0 Å². The zero-order valence-electron chi connectivity index (χ0n) is 9.65. The van der Waals surface area contributed by atoms with Gasteiger partial charge in [-0.3, -0.25) is 0 Å². The van der Waals surface area contributed by atoms with Crippen LogP contribution < -0.4 is 0 Å². The van der Waals surface area contributed by atoms with Crippen molar-refractivity contribution in [2.45, 2.75) is 44.1 Å². The van der Waals surface area contributed by atoms with E-state index in [1.807, 2.05) is 18.2 Å². The molecular weight excluding hydrogens is 200 g/mol. The van der Waals surface area contributed by atoms with Gasteiger partial charge in [-0.2, -0.15) is 0 Å². The summed E-state index contributed by atoms with van der Waals surface area (Å²) in [6.45, 7) is 0.176. The third kappa shape index (κ3) is 2.63. The highest BCUT2D eigenvalue weighted by Crippen LogP contribution is 2.33. The highest BCUT2D eigenvalue weighted by Gasteiger charge is 2.31. The maximum Gasteiger partial charge on any atom is 0.0688 e. The number of aliphatic hydroxyl groups excluding tert-OH is 1. The summed E-state index contributed by atoms with van der Waals surface area (Å²) in [5, 5.41) is 19.4. The van der Waals surface area contributed by atoms with Gasteiger partial charge in [-0.1, -0.05) is 37.1 Å². The van der Waals surface area contributed by atoms with Crippen molar-refractivity contribution in [3.63, 3.8) is 0 Å². The maximum atomic E-state index is 10.4. The van der Waals surface area contributed by atoms with Gasteiger partial charge in [0.15, 0.2) is 0 Å². The van der Waals surface area contributed by atoms with Crippen molar-refractivity contribution in [3.8, 4) is 0 Å². The molecule has 0 unspecified atom stereocenters. The Hall–Kier alpha value is -0.860. The van der Waals surface area contributed by atoms with Crippen molar-refractivity contribution in [3.05, 3.63) is 35.4 Å². The summed E-state index contributed by atoms with van der Waals surface area (Å²) in [7, 11) is 0. The van der Waals surface area contributed by atoms with Crippen LogP contribution in [0.3, 0.4) is 0 Å². The number of benzene rings is 1. The second kappa shape index (κ2) is 4.98. The lowest BCUT2D eigenvalue weighted by Gasteiger charge is -2.23. The van der Waals surface area contributed by atoms with Crippen LogP contribution in [0.25, 0.3) is 0 Å². The fourth-order valence-electron chi connectivity index (χ4n) is 2.66. The molecule has 2 heteroatoms. The molecular formula is C14H20O2. The first-order valence-corrected chi connectivity index (χ1v) is 6.13. The highest BCUT2D eigenvalue weighted by molar-refractivity contribution is 5.29. The van der Waals surface area contributed by atoms with Gasteiger partial charge >= 0.3 is 0 Å². The second-order valence-electron chi connectivity index (χ2n) is 4.85. The van der Waals surface area contributed by atoms with Gasteiger partial charge in [-0.05, 0) is 30.4 Å². The van der Waals surface area contributed by atoms with Crippen LogP contribution in [-0.4, -0.2) is 22.4 Å². The Labute approximate surface area is 96.9 Å².